The summed E-state index contributed by atoms with van der Waals surface area (Å²) in [6, 6.07) is 4.22. The van der Waals surface area contributed by atoms with Gasteiger partial charge in [-0.2, -0.15) is 0 Å². The Bertz CT molecular complexity index is 733. The Morgan fingerprint density at radius 1 is 1.29 bits per heavy atom. The fourth-order valence-electron chi connectivity index (χ4n) is 3.04. The summed E-state index contributed by atoms with van der Waals surface area (Å²) >= 11 is 0. The molecule has 0 amide bonds. The molecule has 0 unspecified atom stereocenters. The third-order valence-electron chi connectivity index (χ3n) is 4.20. The maximum atomic E-state index is 12.5. The molecule has 0 bridgehead atoms. The summed E-state index contributed by atoms with van der Waals surface area (Å²) in [5.41, 5.74) is 0.247. The van der Waals surface area contributed by atoms with E-state index in [1.54, 1.807) is 10.9 Å². The number of nitro benzene ring substituents is 1. The number of fused-ring (bicyclic) bond motifs is 1. The van der Waals surface area contributed by atoms with E-state index in [0.29, 0.717) is 23.4 Å². The highest BCUT2D eigenvalue weighted by molar-refractivity contribution is 5.79. The molecule has 110 valence electrons. The summed E-state index contributed by atoms with van der Waals surface area (Å²) in [6.07, 6.45) is 7.54. The molecule has 1 aromatic heterocycles. The third-order valence-corrected chi connectivity index (χ3v) is 4.20. The average Bonchev–Trinajstić information content (AvgIpc) is 2.51. The molecule has 1 fully saturated rings. The Hall–Kier alpha value is -2.24. The highest BCUT2D eigenvalue weighted by Crippen LogP contribution is 2.24. The van der Waals surface area contributed by atoms with Crippen molar-refractivity contribution >= 4 is 16.6 Å². The second kappa shape index (κ2) is 5.63. The molecule has 0 atom stereocenters. The van der Waals surface area contributed by atoms with E-state index >= 15 is 0 Å². The van der Waals surface area contributed by atoms with Crippen molar-refractivity contribution in [3.63, 3.8) is 0 Å². The Morgan fingerprint density at radius 3 is 2.76 bits per heavy atom. The van der Waals surface area contributed by atoms with Gasteiger partial charge in [0.25, 0.3) is 11.2 Å². The minimum Gasteiger partial charge on any atom is -0.298 e. The van der Waals surface area contributed by atoms with E-state index in [-0.39, 0.29) is 11.2 Å². The molecule has 1 heterocycles. The van der Waals surface area contributed by atoms with Gasteiger partial charge in [0.15, 0.2) is 0 Å². The topological polar surface area (TPSA) is 78.0 Å². The smallest absolute Gasteiger partial charge is 0.270 e. The molecule has 0 N–H and O–H groups in total. The van der Waals surface area contributed by atoms with Crippen molar-refractivity contribution in [1.82, 2.24) is 9.55 Å². The number of hydrogen-bond acceptors (Lipinski definition) is 4. The van der Waals surface area contributed by atoms with Crippen LogP contribution in [0.4, 0.5) is 5.69 Å². The van der Waals surface area contributed by atoms with Crippen molar-refractivity contribution in [1.29, 1.82) is 0 Å². The minimum absolute atomic E-state index is 0.0724. The van der Waals surface area contributed by atoms with Gasteiger partial charge in [-0.3, -0.25) is 19.5 Å². The van der Waals surface area contributed by atoms with Crippen molar-refractivity contribution in [3.8, 4) is 0 Å². The molecule has 0 aliphatic heterocycles. The number of aromatic nitrogens is 2. The van der Waals surface area contributed by atoms with Crippen LogP contribution in [0.3, 0.4) is 0 Å². The quantitative estimate of drug-likeness (QED) is 0.642. The van der Waals surface area contributed by atoms with Crippen molar-refractivity contribution in [2.75, 3.05) is 0 Å². The Morgan fingerprint density at radius 2 is 2.05 bits per heavy atom. The van der Waals surface area contributed by atoms with Crippen molar-refractivity contribution in [3.05, 3.63) is 45.0 Å². The van der Waals surface area contributed by atoms with Crippen molar-refractivity contribution in [2.24, 2.45) is 5.92 Å². The number of benzene rings is 1. The predicted molar refractivity (Wildman–Crippen MR) is 79.2 cm³/mol. The van der Waals surface area contributed by atoms with E-state index in [0.717, 1.165) is 12.8 Å². The summed E-state index contributed by atoms with van der Waals surface area (Å²) in [4.78, 5) is 27.1. The van der Waals surface area contributed by atoms with Crippen LogP contribution in [-0.4, -0.2) is 14.5 Å². The molecule has 0 spiro atoms. The van der Waals surface area contributed by atoms with Crippen LogP contribution in [0.5, 0.6) is 0 Å². The third kappa shape index (κ3) is 2.79. The van der Waals surface area contributed by atoms with E-state index < -0.39 is 4.92 Å². The lowest BCUT2D eigenvalue weighted by atomic mass is 9.89. The van der Waals surface area contributed by atoms with Gasteiger partial charge in [-0.15, -0.1) is 0 Å². The maximum absolute atomic E-state index is 12.5. The molecular formula is C15H17N3O3. The molecule has 3 rings (SSSR count). The largest absolute Gasteiger partial charge is 0.298 e. The van der Waals surface area contributed by atoms with Gasteiger partial charge in [0, 0.05) is 18.7 Å². The fourth-order valence-corrected chi connectivity index (χ4v) is 3.04. The highest BCUT2D eigenvalue weighted by Gasteiger charge is 2.16. The lowest BCUT2D eigenvalue weighted by Crippen LogP contribution is -2.25. The fraction of sp³-hybridized carbons (Fsp3) is 0.467. The van der Waals surface area contributed by atoms with E-state index in [2.05, 4.69) is 4.98 Å². The maximum Gasteiger partial charge on any atom is 0.270 e. The second-order valence-electron chi connectivity index (χ2n) is 5.66. The molecule has 1 saturated carbocycles. The zero-order chi connectivity index (χ0) is 14.8. The van der Waals surface area contributed by atoms with Gasteiger partial charge in [0.05, 0.1) is 22.2 Å². The molecule has 0 saturated heterocycles. The molecule has 0 radical (unpaired) electrons. The van der Waals surface area contributed by atoms with Crippen LogP contribution in [0.25, 0.3) is 10.9 Å². The van der Waals surface area contributed by atoms with Crippen LogP contribution in [0.15, 0.2) is 29.3 Å². The van der Waals surface area contributed by atoms with E-state index in [9.17, 15) is 14.9 Å². The molecule has 21 heavy (non-hydrogen) atoms. The van der Waals surface area contributed by atoms with Gasteiger partial charge in [0.1, 0.15) is 0 Å². The average molecular weight is 287 g/mol. The van der Waals surface area contributed by atoms with Crippen LogP contribution in [0.2, 0.25) is 0 Å². The highest BCUT2D eigenvalue weighted by atomic mass is 16.6. The zero-order valence-electron chi connectivity index (χ0n) is 11.7. The van der Waals surface area contributed by atoms with Crippen LogP contribution in [0.1, 0.15) is 32.1 Å². The monoisotopic (exact) mass is 287 g/mol. The lowest BCUT2D eigenvalue weighted by molar-refractivity contribution is -0.384. The molecule has 6 heteroatoms. The molecule has 2 aromatic rings. The first-order valence-corrected chi connectivity index (χ1v) is 7.29. The molecular weight excluding hydrogens is 270 g/mol. The van der Waals surface area contributed by atoms with Crippen LogP contribution >= 0.6 is 0 Å². The van der Waals surface area contributed by atoms with Crippen LogP contribution < -0.4 is 5.56 Å². The lowest BCUT2D eigenvalue weighted by Gasteiger charge is -2.22. The Kier molecular flexibility index (Phi) is 3.68. The number of nitrogens with zero attached hydrogens (tertiary/aromatic N) is 3. The first-order valence-electron chi connectivity index (χ1n) is 7.29. The van der Waals surface area contributed by atoms with Gasteiger partial charge in [0.2, 0.25) is 0 Å². The van der Waals surface area contributed by atoms with Crippen LogP contribution in [0, 0.1) is 16.0 Å². The van der Waals surface area contributed by atoms with Crippen molar-refractivity contribution in [2.45, 2.75) is 38.6 Å². The zero-order valence-corrected chi connectivity index (χ0v) is 11.7. The summed E-state index contributed by atoms with van der Waals surface area (Å²) in [7, 11) is 0. The van der Waals surface area contributed by atoms with Gasteiger partial charge in [-0.1, -0.05) is 19.3 Å². The van der Waals surface area contributed by atoms with Crippen molar-refractivity contribution < 1.29 is 4.92 Å². The number of hydrogen-bond donors (Lipinski definition) is 0. The molecule has 6 nitrogen and oxygen atoms in total. The summed E-state index contributed by atoms with van der Waals surface area (Å²) in [5.74, 6) is 0.509. The summed E-state index contributed by atoms with van der Waals surface area (Å²) < 4.78 is 1.60. The molecule has 1 aliphatic rings. The predicted octanol–water partition coefficient (Wildman–Crippen LogP) is 2.89. The first kappa shape index (κ1) is 13.7. The SMILES string of the molecule is O=c1c2cc([N+](=O)[O-])ccc2ncn1CC1CCCCC1. The van der Waals surface area contributed by atoms with Gasteiger partial charge in [-0.25, -0.2) is 4.98 Å². The number of rotatable bonds is 3. The second-order valence-corrected chi connectivity index (χ2v) is 5.66. The van der Waals surface area contributed by atoms with Crippen LogP contribution in [-0.2, 0) is 6.54 Å². The van der Waals surface area contributed by atoms with Gasteiger partial charge < -0.3 is 0 Å². The first-order chi connectivity index (χ1) is 10.1. The van der Waals surface area contributed by atoms with Gasteiger partial charge >= 0.3 is 0 Å². The van der Waals surface area contributed by atoms with E-state index in [1.165, 1.54) is 37.5 Å². The summed E-state index contributed by atoms with van der Waals surface area (Å²) in [6.45, 7) is 0.657. The minimum atomic E-state index is -0.489. The van der Waals surface area contributed by atoms with E-state index in [4.69, 9.17) is 0 Å². The standard InChI is InChI=1S/C15H17N3O3/c19-15-13-8-12(18(20)21)6-7-14(13)16-10-17(15)9-11-4-2-1-3-5-11/h6-8,10-11H,1-5,9H2. The number of nitro groups is 1. The van der Waals surface area contributed by atoms with Gasteiger partial charge in [-0.05, 0) is 24.8 Å². The Labute approximate surface area is 121 Å². The molecule has 1 aliphatic carbocycles. The normalized spacial score (nSPS) is 16.2. The number of non-ortho nitro benzene ring substituents is 1. The molecule has 1 aromatic carbocycles. The van der Waals surface area contributed by atoms with E-state index in [1.807, 2.05) is 0 Å². The summed E-state index contributed by atoms with van der Waals surface area (Å²) in [5, 5.41) is 11.2. The Balaban J connectivity index is 1.98.